The van der Waals surface area contributed by atoms with Gasteiger partial charge in [-0.25, -0.2) is 4.79 Å². The van der Waals surface area contributed by atoms with Gasteiger partial charge in [0.05, 0.1) is 0 Å². The van der Waals surface area contributed by atoms with Crippen molar-refractivity contribution in [2.24, 2.45) is 0 Å². The van der Waals surface area contributed by atoms with Crippen LogP contribution in [0, 0.1) is 6.92 Å². The van der Waals surface area contributed by atoms with Crippen LogP contribution in [0.25, 0.3) is 11.4 Å². The maximum Gasteiger partial charge on any atom is 0.323 e. The summed E-state index contributed by atoms with van der Waals surface area (Å²) in [6.45, 7) is 2.80. The third-order valence-electron chi connectivity index (χ3n) is 4.75. The molecule has 6 nitrogen and oxygen atoms in total. The van der Waals surface area contributed by atoms with Crippen LogP contribution >= 0.6 is 11.6 Å². The normalized spacial score (nSPS) is 13.1. The first-order valence-electron chi connectivity index (χ1n) is 8.97. The first-order chi connectivity index (χ1) is 13.1. The summed E-state index contributed by atoms with van der Waals surface area (Å²) < 4.78 is 2.16. The summed E-state index contributed by atoms with van der Waals surface area (Å²) in [7, 11) is 0. The fraction of sp³-hybridized carbons (Fsp3) is 0.250. The molecule has 0 aliphatic carbocycles. The molecule has 2 heterocycles. The van der Waals surface area contributed by atoms with Gasteiger partial charge in [-0.2, -0.15) is 0 Å². The third kappa shape index (κ3) is 3.66. The second-order valence-corrected chi connectivity index (χ2v) is 7.03. The lowest BCUT2D eigenvalue weighted by molar-refractivity contribution is 0.262. The fourth-order valence-corrected chi connectivity index (χ4v) is 3.46. The number of halogens is 1. The molecule has 0 radical (unpaired) electrons. The Balaban J connectivity index is 1.52. The van der Waals surface area contributed by atoms with Crippen molar-refractivity contribution >= 4 is 29.0 Å². The summed E-state index contributed by atoms with van der Waals surface area (Å²) in [5.41, 5.74) is 3.14. The van der Waals surface area contributed by atoms with E-state index in [0.29, 0.717) is 16.4 Å². The monoisotopic (exact) mass is 381 g/mol. The molecule has 2 aromatic carbocycles. The predicted octanol–water partition coefficient (Wildman–Crippen LogP) is 4.89. The highest BCUT2D eigenvalue weighted by Crippen LogP contribution is 2.26. The summed E-state index contributed by atoms with van der Waals surface area (Å²) in [6, 6.07) is 12.7. The first-order valence-corrected chi connectivity index (χ1v) is 9.35. The molecule has 0 saturated carbocycles. The summed E-state index contributed by atoms with van der Waals surface area (Å²) in [4.78, 5) is 12.4. The van der Waals surface area contributed by atoms with Gasteiger partial charge in [-0.3, -0.25) is 0 Å². The van der Waals surface area contributed by atoms with Gasteiger partial charge in [-0.15, -0.1) is 10.2 Å². The Morgan fingerprint density at radius 3 is 2.85 bits per heavy atom. The van der Waals surface area contributed by atoms with Gasteiger partial charge in [0.2, 0.25) is 0 Å². The Bertz CT molecular complexity index is 998. The lowest BCUT2D eigenvalue weighted by Crippen LogP contribution is -2.20. The van der Waals surface area contributed by atoms with E-state index in [1.807, 2.05) is 37.3 Å². The molecule has 7 heteroatoms. The average molecular weight is 382 g/mol. The SMILES string of the molecule is Cc1c(Cl)cccc1NC(=O)Nc1cccc(-c2nnc3n2CCCC3)c1. The Morgan fingerprint density at radius 2 is 1.96 bits per heavy atom. The zero-order chi connectivity index (χ0) is 18.8. The van der Waals surface area contributed by atoms with Crippen LogP contribution < -0.4 is 10.6 Å². The van der Waals surface area contributed by atoms with E-state index in [1.165, 1.54) is 0 Å². The molecule has 0 saturated heterocycles. The van der Waals surface area contributed by atoms with Gasteiger partial charge in [-0.05, 0) is 49.6 Å². The van der Waals surface area contributed by atoms with Crippen molar-refractivity contribution in [3.8, 4) is 11.4 Å². The number of aryl methyl sites for hydroxylation is 1. The lowest BCUT2D eigenvalue weighted by Gasteiger charge is -2.15. The van der Waals surface area contributed by atoms with Gasteiger partial charge < -0.3 is 15.2 Å². The zero-order valence-corrected chi connectivity index (χ0v) is 15.8. The van der Waals surface area contributed by atoms with E-state index in [4.69, 9.17) is 11.6 Å². The second-order valence-electron chi connectivity index (χ2n) is 6.62. The summed E-state index contributed by atoms with van der Waals surface area (Å²) in [5.74, 6) is 1.88. The highest BCUT2D eigenvalue weighted by molar-refractivity contribution is 6.31. The van der Waals surface area contributed by atoms with Crippen LogP contribution in [-0.2, 0) is 13.0 Å². The summed E-state index contributed by atoms with van der Waals surface area (Å²) in [5, 5.41) is 15.0. The molecule has 1 aliphatic heterocycles. The van der Waals surface area contributed by atoms with E-state index in [0.717, 1.165) is 48.6 Å². The number of nitrogens with one attached hydrogen (secondary N) is 2. The molecule has 0 fully saturated rings. The average Bonchev–Trinajstić information content (AvgIpc) is 3.10. The molecule has 1 aromatic heterocycles. The number of benzene rings is 2. The summed E-state index contributed by atoms with van der Waals surface area (Å²) in [6.07, 6.45) is 3.26. The van der Waals surface area contributed by atoms with Crippen LogP contribution in [0.5, 0.6) is 0 Å². The van der Waals surface area contributed by atoms with E-state index >= 15 is 0 Å². The smallest absolute Gasteiger partial charge is 0.311 e. The number of nitrogens with zero attached hydrogens (tertiary/aromatic N) is 3. The minimum absolute atomic E-state index is 0.319. The van der Waals surface area contributed by atoms with Crippen LogP contribution in [0.1, 0.15) is 24.2 Å². The van der Waals surface area contributed by atoms with Crippen LogP contribution in [-0.4, -0.2) is 20.8 Å². The number of fused-ring (bicyclic) bond motifs is 1. The van der Waals surface area contributed by atoms with Gasteiger partial charge in [-0.1, -0.05) is 29.8 Å². The van der Waals surface area contributed by atoms with Gasteiger partial charge in [0.25, 0.3) is 0 Å². The van der Waals surface area contributed by atoms with Crippen molar-refractivity contribution in [3.63, 3.8) is 0 Å². The molecule has 0 bridgehead atoms. The number of hydrogen-bond acceptors (Lipinski definition) is 3. The minimum atomic E-state index is -0.319. The first kappa shape index (κ1) is 17.5. The predicted molar refractivity (Wildman–Crippen MR) is 107 cm³/mol. The number of aromatic nitrogens is 3. The maximum atomic E-state index is 12.4. The van der Waals surface area contributed by atoms with Crippen LogP contribution in [0.15, 0.2) is 42.5 Å². The van der Waals surface area contributed by atoms with Crippen LogP contribution in [0.3, 0.4) is 0 Å². The summed E-state index contributed by atoms with van der Waals surface area (Å²) >= 11 is 6.11. The molecule has 0 spiro atoms. The number of urea groups is 1. The molecular weight excluding hydrogens is 362 g/mol. The van der Waals surface area contributed by atoms with Gasteiger partial charge in [0, 0.05) is 34.9 Å². The Hall–Kier alpha value is -2.86. The van der Waals surface area contributed by atoms with Gasteiger partial charge >= 0.3 is 6.03 Å². The number of rotatable bonds is 3. The van der Waals surface area contributed by atoms with E-state index in [1.54, 1.807) is 12.1 Å². The van der Waals surface area contributed by atoms with E-state index in [-0.39, 0.29) is 6.03 Å². The molecule has 138 valence electrons. The molecule has 3 aromatic rings. The van der Waals surface area contributed by atoms with Crippen molar-refractivity contribution in [3.05, 3.63) is 58.9 Å². The van der Waals surface area contributed by atoms with Crippen LogP contribution in [0.4, 0.5) is 16.2 Å². The highest BCUT2D eigenvalue weighted by Gasteiger charge is 2.17. The molecule has 0 unspecified atom stereocenters. The van der Waals surface area contributed by atoms with E-state index < -0.39 is 0 Å². The van der Waals surface area contributed by atoms with Crippen molar-refractivity contribution < 1.29 is 4.79 Å². The van der Waals surface area contributed by atoms with Crippen molar-refractivity contribution in [2.75, 3.05) is 10.6 Å². The van der Waals surface area contributed by atoms with Crippen LogP contribution in [0.2, 0.25) is 5.02 Å². The molecule has 2 N–H and O–H groups in total. The van der Waals surface area contributed by atoms with E-state index in [2.05, 4.69) is 25.4 Å². The maximum absolute atomic E-state index is 12.4. The number of amides is 2. The third-order valence-corrected chi connectivity index (χ3v) is 5.16. The lowest BCUT2D eigenvalue weighted by atomic mass is 10.1. The standard InChI is InChI=1S/C20H20ClN5O/c1-13-16(21)8-5-9-17(13)23-20(27)22-15-7-4-6-14(12-15)19-25-24-18-10-2-3-11-26(18)19/h4-9,12H,2-3,10-11H2,1H3,(H2,22,23,27). The van der Waals surface area contributed by atoms with Gasteiger partial charge in [0.15, 0.2) is 5.82 Å². The number of carbonyl (C=O) groups is 1. The number of hydrogen-bond donors (Lipinski definition) is 2. The highest BCUT2D eigenvalue weighted by atomic mass is 35.5. The molecule has 0 atom stereocenters. The Kier molecular flexibility index (Phi) is 4.81. The van der Waals surface area contributed by atoms with Gasteiger partial charge in [0.1, 0.15) is 5.82 Å². The topological polar surface area (TPSA) is 71.8 Å². The van der Waals surface area contributed by atoms with Crippen molar-refractivity contribution in [2.45, 2.75) is 32.7 Å². The largest absolute Gasteiger partial charge is 0.323 e. The fourth-order valence-electron chi connectivity index (χ4n) is 3.29. The number of carbonyl (C=O) groups excluding carboxylic acids is 1. The minimum Gasteiger partial charge on any atom is -0.311 e. The molecular formula is C20H20ClN5O. The Morgan fingerprint density at radius 1 is 1.11 bits per heavy atom. The van der Waals surface area contributed by atoms with Crippen molar-refractivity contribution in [1.29, 1.82) is 0 Å². The quantitative estimate of drug-likeness (QED) is 0.678. The molecule has 27 heavy (non-hydrogen) atoms. The number of anilines is 2. The molecule has 2 amide bonds. The zero-order valence-electron chi connectivity index (χ0n) is 15.0. The molecule has 1 aliphatic rings. The Labute approximate surface area is 162 Å². The van der Waals surface area contributed by atoms with Crippen molar-refractivity contribution in [1.82, 2.24) is 14.8 Å². The second kappa shape index (κ2) is 7.40. The molecule has 4 rings (SSSR count). The van der Waals surface area contributed by atoms with E-state index in [9.17, 15) is 4.79 Å².